The molecule has 0 aliphatic carbocycles. The fourth-order valence-corrected chi connectivity index (χ4v) is 3.26. The summed E-state index contributed by atoms with van der Waals surface area (Å²) in [6.07, 6.45) is 1.27. The van der Waals surface area contributed by atoms with E-state index in [-0.39, 0.29) is 11.2 Å². The fraction of sp³-hybridized carbons (Fsp3) is 0.0909. The van der Waals surface area contributed by atoms with E-state index in [1.54, 1.807) is 6.07 Å². The number of carbonyl (C=O) groups is 1. The van der Waals surface area contributed by atoms with Crippen LogP contribution < -0.4 is 15.5 Å². The molecule has 5 heteroatoms. The van der Waals surface area contributed by atoms with Gasteiger partial charge in [-0.1, -0.05) is 42.5 Å². The van der Waals surface area contributed by atoms with Crippen molar-refractivity contribution < 1.29 is 9.53 Å². The zero-order valence-electron chi connectivity index (χ0n) is 14.8. The molecule has 5 nitrogen and oxygen atoms in total. The van der Waals surface area contributed by atoms with Gasteiger partial charge in [0.1, 0.15) is 0 Å². The quantitative estimate of drug-likeness (QED) is 0.596. The molecule has 0 bridgehead atoms. The summed E-state index contributed by atoms with van der Waals surface area (Å²) >= 11 is 0. The van der Waals surface area contributed by atoms with Crippen LogP contribution in [0.25, 0.3) is 27.5 Å². The van der Waals surface area contributed by atoms with Crippen molar-refractivity contribution in [1.29, 1.82) is 0 Å². The molecule has 0 atom stereocenters. The van der Waals surface area contributed by atoms with Crippen LogP contribution in [0.2, 0.25) is 0 Å². The lowest BCUT2D eigenvalue weighted by Crippen LogP contribution is -2.26. The Morgan fingerprint density at radius 2 is 1.67 bits per heavy atom. The molecule has 134 valence electrons. The Labute approximate surface area is 155 Å². The summed E-state index contributed by atoms with van der Waals surface area (Å²) in [7, 11) is 0. The number of nitrogens with one attached hydrogen (secondary N) is 1. The number of aromatic nitrogens is 1. The van der Waals surface area contributed by atoms with E-state index in [0.29, 0.717) is 28.6 Å². The molecule has 4 aromatic rings. The number of hydrogen-bond donors (Lipinski definition) is 1. The molecule has 0 unspecified atom stereocenters. The highest BCUT2D eigenvalue weighted by atomic mass is 16.6. The molecule has 0 aliphatic heterocycles. The van der Waals surface area contributed by atoms with Crippen molar-refractivity contribution in [1.82, 2.24) is 9.72 Å². The second-order valence-electron chi connectivity index (χ2n) is 6.10. The van der Waals surface area contributed by atoms with E-state index < -0.39 is 6.09 Å². The van der Waals surface area contributed by atoms with Crippen molar-refractivity contribution in [2.24, 2.45) is 0 Å². The van der Waals surface area contributed by atoms with Gasteiger partial charge in [-0.2, -0.15) is 0 Å². The summed E-state index contributed by atoms with van der Waals surface area (Å²) < 4.78 is 7.53. The van der Waals surface area contributed by atoms with Crippen molar-refractivity contribution >= 4 is 22.5 Å². The maximum absolute atomic E-state index is 13.5. The minimum Gasteiger partial charge on any atom is -0.407 e. The fourth-order valence-electron chi connectivity index (χ4n) is 3.26. The summed E-state index contributed by atoms with van der Waals surface area (Å²) in [4.78, 5) is 25.7. The molecule has 2 aromatic heterocycles. The zero-order valence-corrected chi connectivity index (χ0v) is 14.8. The van der Waals surface area contributed by atoms with Gasteiger partial charge in [0.15, 0.2) is 11.2 Å². The van der Waals surface area contributed by atoms with Gasteiger partial charge in [-0.25, -0.2) is 4.79 Å². The van der Waals surface area contributed by atoms with Gasteiger partial charge in [-0.15, -0.1) is 0 Å². The molecule has 27 heavy (non-hydrogen) atoms. The summed E-state index contributed by atoms with van der Waals surface area (Å²) in [6.45, 7) is 2.24. The molecular weight excluding hydrogens is 340 g/mol. The maximum Gasteiger partial charge on any atom is 0.412 e. The number of ether oxygens (including phenoxy) is 1. The average molecular weight is 358 g/mol. The summed E-state index contributed by atoms with van der Waals surface area (Å²) in [5, 5.41) is 3.19. The van der Waals surface area contributed by atoms with E-state index in [9.17, 15) is 9.59 Å². The highest BCUT2D eigenvalue weighted by molar-refractivity contribution is 5.92. The molecule has 1 amide bonds. The standard InChI is InChI=1S/C22H18N2O3/c1-2-23-22(26)27-21-18-13-8-14-24(18)17-12-7-6-11-16(17)20(25)19(21)15-9-4-3-5-10-15/h3-14H,2H2,1H3,(H,23,26). The van der Waals surface area contributed by atoms with Crippen LogP contribution in [0.3, 0.4) is 0 Å². The van der Waals surface area contributed by atoms with Gasteiger partial charge in [-0.3, -0.25) is 4.79 Å². The van der Waals surface area contributed by atoms with E-state index in [1.165, 1.54) is 0 Å². The molecule has 0 fully saturated rings. The first-order valence-corrected chi connectivity index (χ1v) is 8.78. The first-order chi connectivity index (χ1) is 13.2. The number of nitrogens with zero attached hydrogens (tertiary/aromatic N) is 1. The van der Waals surface area contributed by atoms with Crippen LogP contribution in [0.1, 0.15) is 6.92 Å². The maximum atomic E-state index is 13.5. The molecule has 0 spiro atoms. The Morgan fingerprint density at radius 1 is 0.963 bits per heavy atom. The lowest BCUT2D eigenvalue weighted by atomic mass is 10.0. The van der Waals surface area contributed by atoms with Crippen LogP contribution in [0.5, 0.6) is 5.75 Å². The Hall–Kier alpha value is -3.60. The van der Waals surface area contributed by atoms with Gasteiger partial charge < -0.3 is 14.5 Å². The topological polar surface area (TPSA) is 59.8 Å². The molecule has 0 saturated heterocycles. The largest absolute Gasteiger partial charge is 0.412 e. The van der Waals surface area contributed by atoms with E-state index in [2.05, 4.69) is 5.32 Å². The number of benzene rings is 2. The number of carbonyl (C=O) groups excluding carboxylic acids is 1. The third-order valence-corrected chi connectivity index (χ3v) is 4.42. The lowest BCUT2D eigenvalue weighted by Gasteiger charge is -2.09. The third kappa shape index (κ3) is 2.93. The summed E-state index contributed by atoms with van der Waals surface area (Å²) in [6, 6.07) is 20.4. The van der Waals surface area contributed by atoms with Crippen LogP contribution in [0.4, 0.5) is 4.79 Å². The van der Waals surface area contributed by atoms with Gasteiger partial charge >= 0.3 is 6.09 Å². The Balaban J connectivity index is 2.18. The van der Waals surface area contributed by atoms with Gasteiger partial charge in [0, 0.05) is 18.1 Å². The monoisotopic (exact) mass is 358 g/mol. The van der Waals surface area contributed by atoms with Crippen molar-refractivity contribution in [3.8, 4) is 16.9 Å². The van der Waals surface area contributed by atoms with E-state index >= 15 is 0 Å². The number of rotatable bonds is 3. The van der Waals surface area contributed by atoms with Crippen molar-refractivity contribution in [3.05, 3.63) is 83.2 Å². The normalized spacial score (nSPS) is 10.9. The lowest BCUT2D eigenvalue weighted by molar-refractivity contribution is 0.202. The van der Waals surface area contributed by atoms with E-state index in [4.69, 9.17) is 4.74 Å². The minimum absolute atomic E-state index is 0.181. The van der Waals surface area contributed by atoms with Crippen LogP contribution in [0, 0.1) is 0 Å². The summed E-state index contributed by atoms with van der Waals surface area (Å²) in [5.41, 5.74) is 2.29. The molecule has 4 rings (SSSR count). The van der Waals surface area contributed by atoms with E-state index in [1.807, 2.05) is 78.2 Å². The van der Waals surface area contributed by atoms with Crippen LogP contribution in [0.15, 0.2) is 77.7 Å². The van der Waals surface area contributed by atoms with Gasteiger partial charge in [0.2, 0.25) is 0 Å². The second kappa shape index (κ2) is 6.96. The van der Waals surface area contributed by atoms with Crippen LogP contribution >= 0.6 is 0 Å². The SMILES string of the molecule is CCNC(=O)Oc1c(-c2ccccc2)c(=O)c2ccccc2n2cccc12. The molecule has 0 radical (unpaired) electrons. The number of para-hydroxylation sites is 1. The highest BCUT2D eigenvalue weighted by Gasteiger charge is 2.19. The minimum atomic E-state index is -0.590. The molecule has 2 aromatic carbocycles. The third-order valence-electron chi connectivity index (χ3n) is 4.42. The smallest absolute Gasteiger partial charge is 0.407 e. The first-order valence-electron chi connectivity index (χ1n) is 8.78. The molecule has 0 saturated carbocycles. The Morgan fingerprint density at radius 3 is 2.44 bits per heavy atom. The summed E-state index contributed by atoms with van der Waals surface area (Å²) in [5.74, 6) is 0.248. The predicted molar refractivity (Wildman–Crippen MR) is 106 cm³/mol. The number of hydrogen-bond acceptors (Lipinski definition) is 3. The van der Waals surface area contributed by atoms with Gasteiger partial charge in [-0.05, 0) is 36.8 Å². The Kier molecular flexibility index (Phi) is 4.34. The molecule has 2 heterocycles. The first kappa shape index (κ1) is 16.8. The van der Waals surface area contributed by atoms with Gasteiger partial charge in [0.05, 0.1) is 16.6 Å². The van der Waals surface area contributed by atoms with Crippen molar-refractivity contribution in [2.45, 2.75) is 6.92 Å². The number of fused-ring (bicyclic) bond motifs is 3. The molecule has 1 N–H and O–H groups in total. The second-order valence-corrected chi connectivity index (χ2v) is 6.10. The molecule has 0 aliphatic rings. The predicted octanol–water partition coefficient (Wildman–Crippen LogP) is 4.23. The van der Waals surface area contributed by atoms with Crippen molar-refractivity contribution in [2.75, 3.05) is 6.54 Å². The highest BCUT2D eigenvalue weighted by Crippen LogP contribution is 2.33. The molecular formula is C22H18N2O3. The average Bonchev–Trinajstić information content (AvgIpc) is 3.15. The van der Waals surface area contributed by atoms with Gasteiger partial charge in [0.25, 0.3) is 0 Å². The van der Waals surface area contributed by atoms with Crippen molar-refractivity contribution in [3.63, 3.8) is 0 Å². The zero-order chi connectivity index (χ0) is 18.8. The van der Waals surface area contributed by atoms with Crippen LogP contribution in [-0.4, -0.2) is 17.0 Å². The number of amides is 1. The van der Waals surface area contributed by atoms with E-state index in [0.717, 1.165) is 5.52 Å². The Bertz CT molecular complexity index is 1200. The van der Waals surface area contributed by atoms with Crippen LogP contribution in [-0.2, 0) is 0 Å².